The molecule has 0 aliphatic carbocycles. The molecule has 1 atom stereocenters. The first-order valence-corrected chi connectivity index (χ1v) is 14.6. The molecular weight excluding hydrogens is 583 g/mol. The standard InChI is InChI=1S/C28H23ClF3N3O5S/c1-2-39-28-18(5-7-21(35-28)27(31)32)20-6-3-15-14-33-17(13-22(15)34-20)4-8-23(36)16-11-19(29)26-24(12-16)41(37,38)25(30)9-10-40-26/h3,5-7,11-14,25,27H,2,4,8-10H2,1H3/t25-/m1/s1. The number of aryl methyl sites for hydroxylation is 1. The number of aromatic nitrogens is 3. The van der Waals surface area contributed by atoms with E-state index >= 15 is 0 Å². The van der Waals surface area contributed by atoms with Crippen molar-refractivity contribution in [3.05, 3.63) is 70.6 Å². The van der Waals surface area contributed by atoms with Gasteiger partial charge in [0, 0.05) is 35.7 Å². The first-order valence-electron chi connectivity index (χ1n) is 12.6. The highest BCUT2D eigenvalue weighted by Crippen LogP contribution is 2.39. The Kier molecular flexibility index (Phi) is 8.14. The van der Waals surface area contributed by atoms with Crippen LogP contribution >= 0.6 is 11.6 Å². The molecule has 0 bridgehead atoms. The molecule has 0 N–H and O–H groups in total. The predicted octanol–water partition coefficient (Wildman–Crippen LogP) is 6.35. The minimum atomic E-state index is -4.37. The van der Waals surface area contributed by atoms with E-state index in [1.54, 1.807) is 31.3 Å². The summed E-state index contributed by atoms with van der Waals surface area (Å²) in [7, 11) is -4.37. The Balaban J connectivity index is 1.39. The van der Waals surface area contributed by atoms with Crippen LogP contribution in [0.5, 0.6) is 11.6 Å². The Labute approximate surface area is 238 Å². The molecule has 0 unspecified atom stereocenters. The van der Waals surface area contributed by atoms with E-state index in [0.717, 1.165) is 6.07 Å². The van der Waals surface area contributed by atoms with Crippen molar-refractivity contribution < 1.29 is 35.9 Å². The molecule has 0 saturated heterocycles. The Morgan fingerprint density at radius 1 is 1.17 bits per heavy atom. The molecule has 1 aliphatic heterocycles. The maximum atomic E-state index is 14.3. The smallest absolute Gasteiger partial charge is 0.280 e. The Bertz CT molecular complexity index is 1750. The number of pyridine rings is 3. The number of ketones is 1. The minimum Gasteiger partial charge on any atom is -0.490 e. The number of alkyl halides is 3. The number of carbonyl (C=O) groups is 1. The average Bonchev–Trinajstić information content (AvgIpc) is 3.06. The molecule has 5 rings (SSSR count). The zero-order valence-electron chi connectivity index (χ0n) is 21.6. The van der Waals surface area contributed by atoms with Crippen LogP contribution in [-0.2, 0) is 16.3 Å². The summed E-state index contributed by atoms with van der Waals surface area (Å²) in [6.07, 6.45) is -1.34. The van der Waals surface area contributed by atoms with Crippen LogP contribution in [0.1, 0.15) is 47.9 Å². The van der Waals surface area contributed by atoms with Crippen LogP contribution in [0.15, 0.2) is 53.6 Å². The Morgan fingerprint density at radius 3 is 2.73 bits per heavy atom. The number of halogens is 4. The van der Waals surface area contributed by atoms with Crippen molar-refractivity contribution in [2.75, 3.05) is 13.2 Å². The number of hydrogen-bond donors (Lipinski definition) is 0. The van der Waals surface area contributed by atoms with Crippen LogP contribution in [0.3, 0.4) is 0 Å². The lowest BCUT2D eigenvalue weighted by Crippen LogP contribution is -2.16. The molecule has 4 aromatic rings. The number of fused-ring (bicyclic) bond motifs is 2. The number of nitrogens with zero attached hydrogens (tertiary/aromatic N) is 3. The van der Waals surface area contributed by atoms with Gasteiger partial charge in [-0.2, -0.15) is 0 Å². The van der Waals surface area contributed by atoms with E-state index in [9.17, 15) is 26.4 Å². The quantitative estimate of drug-likeness (QED) is 0.214. The predicted molar refractivity (Wildman–Crippen MR) is 145 cm³/mol. The molecule has 0 spiro atoms. The first kappa shape index (κ1) is 28.7. The highest BCUT2D eigenvalue weighted by atomic mass is 35.5. The molecule has 0 amide bonds. The number of benzene rings is 1. The van der Waals surface area contributed by atoms with Gasteiger partial charge in [-0.1, -0.05) is 11.6 Å². The molecule has 1 aliphatic rings. The van der Waals surface area contributed by atoms with E-state index in [-0.39, 0.29) is 54.7 Å². The number of sulfone groups is 1. The van der Waals surface area contributed by atoms with Crippen molar-refractivity contribution >= 4 is 38.1 Å². The third kappa shape index (κ3) is 5.84. The summed E-state index contributed by atoms with van der Waals surface area (Å²) in [5, 5.41) is 0.619. The monoisotopic (exact) mass is 605 g/mol. The molecular formula is C28H23ClF3N3O5S. The highest BCUT2D eigenvalue weighted by molar-refractivity contribution is 7.92. The molecule has 41 heavy (non-hydrogen) atoms. The van der Waals surface area contributed by atoms with Crippen molar-refractivity contribution in [3.8, 4) is 22.9 Å². The number of rotatable bonds is 8. The Hall–Kier alpha value is -3.77. The zero-order chi connectivity index (χ0) is 29.3. The van der Waals surface area contributed by atoms with Gasteiger partial charge in [0.15, 0.2) is 11.5 Å². The van der Waals surface area contributed by atoms with Crippen molar-refractivity contribution in [2.24, 2.45) is 0 Å². The van der Waals surface area contributed by atoms with Gasteiger partial charge < -0.3 is 9.47 Å². The van der Waals surface area contributed by atoms with Gasteiger partial charge in [-0.15, -0.1) is 0 Å². The number of Topliss-reactive ketones (excluding diaryl/α,β-unsaturated/α-hetero) is 1. The van der Waals surface area contributed by atoms with Crippen molar-refractivity contribution in [3.63, 3.8) is 0 Å². The van der Waals surface area contributed by atoms with Crippen LogP contribution in [0.2, 0.25) is 5.02 Å². The van der Waals surface area contributed by atoms with E-state index in [1.807, 2.05) is 0 Å². The molecule has 13 heteroatoms. The molecule has 3 aromatic heterocycles. The third-order valence-electron chi connectivity index (χ3n) is 6.47. The van der Waals surface area contributed by atoms with E-state index in [1.165, 1.54) is 18.2 Å². The number of carbonyl (C=O) groups excluding carboxylic acids is 1. The zero-order valence-corrected chi connectivity index (χ0v) is 23.2. The van der Waals surface area contributed by atoms with Gasteiger partial charge in [-0.25, -0.2) is 31.6 Å². The van der Waals surface area contributed by atoms with Gasteiger partial charge in [0.05, 0.1) is 35.0 Å². The van der Waals surface area contributed by atoms with Crippen molar-refractivity contribution in [2.45, 2.75) is 43.0 Å². The van der Waals surface area contributed by atoms with Crippen molar-refractivity contribution in [1.29, 1.82) is 0 Å². The fourth-order valence-corrected chi connectivity index (χ4v) is 6.11. The van der Waals surface area contributed by atoms with E-state index < -0.39 is 38.1 Å². The molecule has 214 valence electrons. The van der Waals surface area contributed by atoms with Crippen molar-refractivity contribution in [1.82, 2.24) is 15.0 Å². The fourth-order valence-electron chi connectivity index (χ4n) is 4.38. The summed E-state index contributed by atoms with van der Waals surface area (Å²) in [6, 6.07) is 10.3. The second-order valence-corrected chi connectivity index (χ2v) is 11.6. The van der Waals surface area contributed by atoms with Gasteiger partial charge in [0.25, 0.3) is 6.43 Å². The van der Waals surface area contributed by atoms with Gasteiger partial charge in [-0.05, 0) is 55.8 Å². The second-order valence-electron chi connectivity index (χ2n) is 9.19. The molecule has 0 radical (unpaired) electrons. The normalized spacial score (nSPS) is 16.2. The SMILES string of the molecule is CCOc1nc(C(F)F)ccc1-c1ccc2cnc(CCC(=O)c3cc(Cl)c4c(c3)S(=O)(=O)[C@@H](F)CCO4)cc2n1. The number of ether oxygens (including phenoxy) is 2. The Morgan fingerprint density at radius 2 is 1.98 bits per heavy atom. The maximum absolute atomic E-state index is 14.3. The summed E-state index contributed by atoms with van der Waals surface area (Å²) in [6.45, 7) is 1.79. The van der Waals surface area contributed by atoms with Gasteiger partial charge in [0.2, 0.25) is 21.2 Å². The topological polar surface area (TPSA) is 108 Å². The van der Waals surface area contributed by atoms with E-state index in [4.69, 9.17) is 21.1 Å². The second kappa shape index (κ2) is 11.6. The summed E-state index contributed by atoms with van der Waals surface area (Å²) >= 11 is 6.21. The first-order chi connectivity index (χ1) is 19.6. The van der Waals surface area contributed by atoms with Gasteiger partial charge in [-0.3, -0.25) is 9.78 Å². The third-order valence-corrected chi connectivity index (χ3v) is 8.57. The summed E-state index contributed by atoms with van der Waals surface area (Å²) in [5.41, 5.74) is -0.568. The van der Waals surface area contributed by atoms with Crippen LogP contribution in [0.4, 0.5) is 13.2 Å². The minimum absolute atomic E-state index is 0.0134. The van der Waals surface area contributed by atoms with Crippen LogP contribution in [-0.4, -0.2) is 47.9 Å². The van der Waals surface area contributed by atoms with E-state index in [0.29, 0.717) is 27.9 Å². The van der Waals surface area contributed by atoms with E-state index in [2.05, 4.69) is 15.0 Å². The van der Waals surface area contributed by atoms with Crippen LogP contribution in [0, 0.1) is 0 Å². The van der Waals surface area contributed by atoms with Gasteiger partial charge >= 0.3 is 0 Å². The largest absolute Gasteiger partial charge is 0.490 e. The average molecular weight is 606 g/mol. The maximum Gasteiger partial charge on any atom is 0.280 e. The molecule has 0 saturated carbocycles. The van der Waals surface area contributed by atoms with Crippen LogP contribution < -0.4 is 9.47 Å². The lowest BCUT2D eigenvalue weighted by atomic mass is 10.0. The molecule has 1 aromatic carbocycles. The summed E-state index contributed by atoms with van der Waals surface area (Å²) in [4.78, 5) is 25.5. The van der Waals surface area contributed by atoms with Gasteiger partial charge in [0.1, 0.15) is 10.6 Å². The number of hydrogen-bond acceptors (Lipinski definition) is 8. The summed E-state index contributed by atoms with van der Waals surface area (Å²) in [5.74, 6) is -0.532. The lowest BCUT2D eigenvalue weighted by Gasteiger charge is -2.12. The van der Waals surface area contributed by atoms with Crippen LogP contribution in [0.25, 0.3) is 22.2 Å². The fraction of sp³-hybridized carbons (Fsp3) is 0.286. The molecule has 8 nitrogen and oxygen atoms in total. The molecule has 4 heterocycles. The summed E-state index contributed by atoms with van der Waals surface area (Å²) < 4.78 is 76.6. The molecule has 0 fully saturated rings. The highest BCUT2D eigenvalue weighted by Gasteiger charge is 2.35. The lowest BCUT2D eigenvalue weighted by molar-refractivity contribution is 0.0982.